The van der Waals surface area contributed by atoms with Gasteiger partial charge in [0.2, 0.25) is 11.8 Å². The number of hydrogen-bond donors (Lipinski definition) is 2. The second kappa shape index (κ2) is 5.45. The molecule has 6 heteroatoms. The van der Waals surface area contributed by atoms with Crippen molar-refractivity contribution in [2.45, 2.75) is 19.3 Å². The summed E-state index contributed by atoms with van der Waals surface area (Å²) in [5.41, 5.74) is 9.00. The Morgan fingerprint density at radius 2 is 2.32 bits per heavy atom. The minimum absolute atomic E-state index is 0.0944. The number of aromatic amines is 1. The Balaban J connectivity index is 2.22. The summed E-state index contributed by atoms with van der Waals surface area (Å²) in [6.45, 7) is 2.02. The molecule has 0 saturated heterocycles. The molecule has 0 bridgehead atoms. The number of nitrogens with one attached hydrogen (secondary N) is 1. The van der Waals surface area contributed by atoms with E-state index < -0.39 is 0 Å². The molecule has 22 heavy (non-hydrogen) atoms. The molecular weight excluding hydrogens is 280 g/mol. The standard InChI is InChI=1S/C16H16N4O2/c1-3-12-14-13(9-5-4-6-10(7-9)21-2)11(8-17)15(18)22-16(14)20-19-12/h4-7,13H,3,18H2,1-2H3,(H,19,20)/t13-/m0/s1. The molecule has 1 aromatic heterocycles. The molecule has 0 unspecified atom stereocenters. The van der Waals surface area contributed by atoms with Gasteiger partial charge in [-0.15, -0.1) is 5.10 Å². The lowest BCUT2D eigenvalue weighted by molar-refractivity contribution is 0.378. The van der Waals surface area contributed by atoms with Gasteiger partial charge in [-0.1, -0.05) is 19.1 Å². The van der Waals surface area contributed by atoms with E-state index in [-0.39, 0.29) is 11.8 Å². The molecule has 1 atom stereocenters. The molecular formula is C16H16N4O2. The summed E-state index contributed by atoms with van der Waals surface area (Å²) in [4.78, 5) is 0. The van der Waals surface area contributed by atoms with Gasteiger partial charge in [0.1, 0.15) is 17.4 Å². The van der Waals surface area contributed by atoms with Gasteiger partial charge in [-0.2, -0.15) is 5.26 Å². The first-order chi connectivity index (χ1) is 10.7. The summed E-state index contributed by atoms with van der Waals surface area (Å²) >= 11 is 0. The summed E-state index contributed by atoms with van der Waals surface area (Å²) in [5.74, 6) is 0.943. The van der Waals surface area contributed by atoms with E-state index in [1.165, 1.54) is 0 Å². The van der Waals surface area contributed by atoms with Crippen LogP contribution in [0.2, 0.25) is 0 Å². The molecule has 6 nitrogen and oxygen atoms in total. The van der Waals surface area contributed by atoms with Crippen LogP contribution in [0.25, 0.3) is 0 Å². The number of benzene rings is 1. The Kier molecular flexibility index (Phi) is 3.47. The van der Waals surface area contributed by atoms with E-state index >= 15 is 0 Å². The van der Waals surface area contributed by atoms with Gasteiger partial charge in [-0.3, -0.25) is 5.10 Å². The van der Waals surface area contributed by atoms with Crippen LogP contribution >= 0.6 is 0 Å². The van der Waals surface area contributed by atoms with Gasteiger partial charge in [0.05, 0.1) is 13.0 Å². The highest BCUT2D eigenvalue weighted by Crippen LogP contribution is 2.43. The third-order valence-corrected chi connectivity index (χ3v) is 3.80. The minimum Gasteiger partial charge on any atom is -0.497 e. The largest absolute Gasteiger partial charge is 0.497 e. The molecule has 0 radical (unpaired) electrons. The van der Waals surface area contributed by atoms with Crippen molar-refractivity contribution in [1.29, 1.82) is 5.26 Å². The molecule has 1 aromatic carbocycles. The number of ether oxygens (including phenoxy) is 2. The van der Waals surface area contributed by atoms with E-state index in [1.807, 2.05) is 31.2 Å². The van der Waals surface area contributed by atoms with Crippen molar-refractivity contribution in [3.63, 3.8) is 0 Å². The van der Waals surface area contributed by atoms with Crippen LogP contribution in [0.5, 0.6) is 11.6 Å². The third kappa shape index (κ3) is 2.07. The van der Waals surface area contributed by atoms with Gasteiger partial charge >= 0.3 is 0 Å². The molecule has 0 amide bonds. The quantitative estimate of drug-likeness (QED) is 0.905. The number of nitrogens with zero attached hydrogens (tertiary/aromatic N) is 2. The molecule has 112 valence electrons. The number of nitriles is 1. The van der Waals surface area contributed by atoms with E-state index in [4.69, 9.17) is 15.2 Å². The average Bonchev–Trinajstić information content (AvgIpc) is 2.95. The molecule has 0 saturated carbocycles. The van der Waals surface area contributed by atoms with Crippen LogP contribution in [0, 0.1) is 11.3 Å². The highest BCUT2D eigenvalue weighted by Gasteiger charge is 2.34. The highest BCUT2D eigenvalue weighted by molar-refractivity contribution is 5.55. The summed E-state index contributed by atoms with van der Waals surface area (Å²) in [6.07, 6.45) is 0.755. The van der Waals surface area contributed by atoms with Crippen LogP contribution in [0.1, 0.15) is 29.7 Å². The fourth-order valence-electron chi connectivity index (χ4n) is 2.73. The number of nitrogens with two attached hydrogens (primary N) is 1. The summed E-state index contributed by atoms with van der Waals surface area (Å²) in [5, 5.41) is 16.6. The van der Waals surface area contributed by atoms with Crippen LogP contribution in [-0.2, 0) is 6.42 Å². The lowest BCUT2D eigenvalue weighted by Gasteiger charge is -2.24. The van der Waals surface area contributed by atoms with Gasteiger partial charge in [-0.25, -0.2) is 0 Å². The molecule has 0 aliphatic carbocycles. The maximum absolute atomic E-state index is 9.52. The zero-order valence-corrected chi connectivity index (χ0v) is 12.4. The second-order valence-corrected chi connectivity index (χ2v) is 4.98. The van der Waals surface area contributed by atoms with Crippen LogP contribution in [0.15, 0.2) is 35.7 Å². The van der Waals surface area contributed by atoms with Crippen LogP contribution in [0.3, 0.4) is 0 Å². The number of hydrogen-bond acceptors (Lipinski definition) is 5. The van der Waals surface area contributed by atoms with E-state index in [0.717, 1.165) is 29.0 Å². The van der Waals surface area contributed by atoms with E-state index in [1.54, 1.807) is 7.11 Å². The number of allylic oxidation sites excluding steroid dienone is 1. The molecule has 0 spiro atoms. The highest BCUT2D eigenvalue weighted by atomic mass is 16.5. The third-order valence-electron chi connectivity index (χ3n) is 3.80. The van der Waals surface area contributed by atoms with Crippen molar-refractivity contribution in [2.75, 3.05) is 7.11 Å². The summed E-state index contributed by atoms with van der Waals surface area (Å²) in [7, 11) is 1.61. The van der Waals surface area contributed by atoms with Gasteiger partial charge in [0.15, 0.2) is 0 Å². The Bertz CT molecular complexity index is 786. The van der Waals surface area contributed by atoms with Crippen molar-refractivity contribution in [2.24, 2.45) is 5.73 Å². The molecule has 3 N–H and O–H groups in total. The van der Waals surface area contributed by atoms with Crippen LogP contribution in [0.4, 0.5) is 0 Å². The molecule has 3 rings (SSSR count). The van der Waals surface area contributed by atoms with E-state index in [0.29, 0.717) is 11.5 Å². The molecule has 2 heterocycles. The lowest BCUT2D eigenvalue weighted by Crippen LogP contribution is -2.21. The fourth-order valence-corrected chi connectivity index (χ4v) is 2.73. The average molecular weight is 296 g/mol. The number of aromatic nitrogens is 2. The predicted octanol–water partition coefficient (Wildman–Crippen LogP) is 2.20. The maximum atomic E-state index is 9.52. The lowest BCUT2D eigenvalue weighted by atomic mass is 9.83. The maximum Gasteiger partial charge on any atom is 0.244 e. The van der Waals surface area contributed by atoms with Crippen LogP contribution < -0.4 is 15.2 Å². The predicted molar refractivity (Wildman–Crippen MR) is 80.3 cm³/mol. The first-order valence-electron chi connectivity index (χ1n) is 6.98. The van der Waals surface area contributed by atoms with E-state index in [2.05, 4.69) is 16.3 Å². The molecule has 0 fully saturated rings. The topological polar surface area (TPSA) is 97.0 Å². The molecule has 2 aromatic rings. The first-order valence-corrected chi connectivity index (χ1v) is 6.98. The first kappa shape index (κ1) is 14.0. The van der Waals surface area contributed by atoms with Crippen molar-refractivity contribution >= 4 is 0 Å². The van der Waals surface area contributed by atoms with Gasteiger partial charge in [0.25, 0.3) is 0 Å². The number of methoxy groups -OCH3 is 1. The van der Waals surface area contributed by atoms with Crippen LogP contribution in [-0.4, -0.2) is 17.3 Å². The van der Waals surface area contributed by atoms with Gasteiger partial charge < -0.3 is 15.2 Å². The Morgan fingerprint density at radius 3 is 3.00 bits per heavy atom. The van der Waals surface area contributed by atoms with Crippen molar-refractivity contribution < 1.29 is 9.47 Å². The Morgan fingerprint density at radius 1 is 1.50 bits per heavy atom. The van der Waals surface area contributed by atoms with Gasteiger partial charge in [0, 0.05) is 11.3 Å². The molecule has 1 aliphatic heterocycles. The molecule has 1 aliphatic rings. The van der Waals surface area contributed by atoms with Gasteiger partial charge in [-0.05, 0) is 24.1 Å². The minimum atomic E-state index is -0.308. The number of H-pyrrole nitrogens is 1. The smallest absolute Gasteiger partial charge is 0.244 e. The van der Waals surface area contributed by atoms with Crippen molar-refractivity contribution in [3.05, 3.63) is 52.5 Å². The Labute approximate surface area is 128 Å². The number of rotatable bonds is 3. The normalized spacial score (nSPS) is 16.7. The SMILES string of the molecule is CCc1[nH]nc2c1[C@@H](c1cccc(OC)c1)C(C#N)=C(N)O2. The van der Waals surface area contributed by atoms with E-state index in [9.17, 15) is 5.26 Å². The Hall–Kier alpha value is -2.94. The monoisotopic (exact) mass is 296 g/mol. The zero-order valence-electron chi connectivity index (χ0n) is 12.4. The number of aryl methyl sites for hydroxylation is 1. The number of fused-ring (bicyclic) bond motifs is 1. The van der Waals surface area contributed by atoms with Crippen molar-refractivity contribution in [1.82, 2.24) is 10.2 Å². The van der Waals surface area contributed by atoms with Crippen molar-refractivity contribution in [3.8, 4) is 17.7 Å². The summed E-state index contributed by atoms with van der Waals surface area (Å²) < 4.78 is 10.8. The fraction of sp³-hybridized carbons (Fsp3) is 0.250. The summed E-state index contributed by atoms with van der Waals surface area (Å²) in [6, 6.07) is 9.76. The zero-order chi connectivity index (χ0) is 15.7. The second-order valence-electron chi connectivity index (χ2n) is 4.98.